The molecule has 1 atom stereocenters. The van der Waals surface area contributed by atoms with Crippen LogP contribution < -0.4 is 0 Å². The summed E-state index contributed by atoms with van der Waals surface area (Å²) in [4.78, 5) is 18.8. The van der Waals surface area contributed by atoms with Crippen LogP contribution in [0.15, 0.2) is 42.5 Å². The lowest BCUT2D eigenvalue weighted by Crippen LogP contribution is -2.37. The molecule has 0 N–H and O–H groups in total. The van der Waals surface area contributed by atoms with Crippen LogP contribution in [0.2, 0.25) is 0 Å². The van der Waals surface area contributed by atoms with E-state index in [0.717, 1.165) is 49.5 Å². The van der Waals surface area contributed by atoms with Crippen LogP contribution in [0, 0.1) is 30.4 Å². The van der Waals surface area contributed by atoms with Crippen molar-refractivity contribution in [2.75, 3.05) is 6.61 Å². The van der Waals surface area contributed by atoms with E-state index in [1.165, 1.54) is 22.6 Å². The summed E-state index contributed by atoms with van der Waals surface area (Å²) < 4.78 is 29.5. The fourth-order valence-corrected chi connectivity index (χ4v) is 5.21. The lowest BCUT2D eigenvalue weighted by molar-refractivity contribution is -0.183. The zero-order valence-corrected chi connectivity index (χ0v) is 18.1. The first-order valence-corrected chi connectivity index (χ1v) is 11.3. The number of carbonyl (C=O) groups excluding carboxylic acids is 1. The summed E-state index contributed by atoms with van der Waals surface area (Å²) >= 11 is 0. The molecule has 1 amide bonds. The van der Waals surface area contributed by atoms with E-state index in [-0.39, 0.29) is 11.8 Å². The molecule has 1 aliphatic carbocycles. The minimum absolute atomic E-state index is 0.0731. The molecule has 0 unspecified atom stereocenters. The Morgan fingerprint density at radius 2 is 1.78 bits per heavy atom. The van der Waals surface area contributed by atoms with Gasteiger partial charge in [-0.3, -0.25) is 14.3 Å². The van der Waals surface area contributed by atoms with Crippen molar-refractivity contribution < 1.29 is 18.4 Å². The molecule has 1 saturated heterocycles. The van der Waals surface area contributed by atoms with E-state index in [0.29, 0.717) is 24.5 Å². The lowest BCUT2D eigenvalue weighted by Gasteiger charge is -2.32. The third-order valence-corrected chi connectivity index (χ3v) is 6.86. The maximum atomic E-state index is 13.7. The highest BCUT2D eigenvalue weighted by molar-refractivity contribution is 5.81. The van der Waals surface area contributed by atoms with E-state index >= 15 is 0 Å². The smallest absolute Gasteiger partial charge is 0.249 e. The Morgan fingerprint density at radius 1 is 1.06 bits per heavy atom. The van der Waals surface area contributed by atoms with Crippen LogP contribution in [-0.2, 0) is 16.2 Å². The molecule has 1 saturated carbocycles. The van der Waals surface area contributed by atoms with Gasteiger partial charge in [0.25, 0.3) is 0 Å². The Labute approximate surface area is 185 Å². The van der Waals surface area contributed by atoms with Crippen molar-refractivity contribution in [1.82, 2.24) is 14.8 Å². The van der Waals surface area contributed by atoms with Crippen molar-refractivity contribution in [2.45, 2.75) is 51.6 Å². The fraction of sp³-hybridized carbons (Fsp3) is 0.440. The largest absolute Gasteiger partial charge is 0.272 e. The SMILES string of the molecule is Cc1nn(C[C@H]2CC[C@H](C(=O)N3OCC[C@H]3c3cc(F)cc(F)c3)CC2)c2ccccc12. The van der Waals surface area contributed by atoms with Gasteiger partial charge in [-0.05, 0) is 62.3 Å². The molecule has 2 aliphatic rings. The molecule has 32 heavy (non-hydrogen) atoms. The molecule has 0 radical (unpaired) electrons. The highest BCUT2D eigenvalue weighted by atomic mass is 19.1. The van der Waals surface area contributed by atoms with Gasteiger partial charge in [0.05, 0.1) is 23.9 Å². The van der Waals surface area contributed by atoms with Crippen molar-refractivity contribution in [2.24, 2.45) is 11.8 Å². The average Bonchev–Trinajstić information content (AvgIpc) is 3.39. The van der Waals surface area contributed by atoms with Crippen molar-refractivity contribution >= 4 is 16.8 Å². The molecule has 1 aliphatic heterocycles. The second-order valence-corrected chi connectivity index (χ2v) is 9.01. The molecule has 1 aromatic heterocycles. The number of hydroxylamine groups is 2. The van der Waals surface area contributed by atoms with Gasteiger partial charge >= 0.3 is 0 Å². The lowest BCUT2D eigenvalue weighted by atomic mass is 9.81. The van der Waals surface area contributed by atoms with Gasteiger partial charge in [0.15, 0.2) is 0 Å². The predicted molar refractivity (Wildman–Crippen MR) is 116 cm³/mol. The minimum atomic E-state index is -0.638. The van der Waals surface area contributed by atoms with Crippen molar-refractivity contribution in [3.8, 4) is 0 Å². The number of benzene rings is 2. The van der Waals surface area contributed by atoms with Crippen LogP contribution >= 0.6 is 0 Å². The summed E-state index contributed by atoms with van der Waals surface area (Å²) in [6, 6.07) is 11.2. The summed E-state index contributed by atoms with van der Waals surface area (Å²) in [5, 5.41) is 7.27. The summed E-state index contributed by atoms with van der Waals surface area (Å²) in [6.07, 6.45) is 3.99. The fourth-order valence-electron chi connectivity index (χ4n) is 5.21. The highest BCUT2D eigenvalue weighted by Crippen LogP contribution is 2.37. The number of fused-ring (bicyclic) bond motifs is 1. The topological polar surface area (TPSA) is 47.4 Å². The number of nitrogens with zero attached hydrogens (tertiary/aromatic N) is 3. The Balaban J connectivity index is 1.23. The molecular formula is C25H27F2N3O2. The summed E-state index contributed by atoms with van der Waals surface area (Å²) in [6.45, 7) is 3.25. The van der Waals surface area contributed by atoms with Crippen molar-refractivity contribution in [3.63, 3.8) is 0 Å². The third-order valence-electron chi connectivity index (χ3n) is 6.86. The van der Waals surface area contributed by atoms with Crippen molar-refractivity contribution in [3.05, 3.63) is 65.4 Å². The van der Waals surface area contributed by atoms with E-state index < -0.39 is 17.7 Å². The van der Waals surface area contributed by atoms with Gasteiger partial charge < -0.3 is 0 Å². The van der Waals surface area contributed by atoms with E-state index in [2.05, 4.69) is 16.8 Å². The van der Waals surface area contributed by atoms with E-state index in [1.807, 2.05) is 19.1 Å². The van der Waals surface area contributed by atoms with Crippen molar-refractivity contribution in [1.29, 1.82) is 0 Å². The number of para-hydroxylation sites is 1. The van der Waals surface area contributed by atoms with Gasteiger partial charge in [0.1, 0.15) is 11.6 Å². The molecule has 0 bridgehead atoms. The first kappa shape index (κ1) is 21.1. The number of carbonyl (C=O) groups is 1. The molecule has 7 heteroatoms. The maximum Gasteiger partial charge on any atom is 0.249 e. The predicted octanol–water partition coefficient (Wildman–Crippen LogP) is 5.33. The average molecular weight is 440 g/mol. The van der Waals surface area contributed by atoms with E-state index in [9.17, 15) is 13.6 Å². The number of hydrogen-bond donors (Lipinski definition) is 0. The Kier molecular flexibility index (Phi) is 5.67. The Morgan fingerprint density at radius 3 is 2.53 bits per heavy atom. The second kappa shape index (κ2) is 8.62. The van der Waals surface area contributed by atoms with Crippen LogP contribution in [0.5, 0.6) is 0 Å². The summed E-state index contributed by atoms with van der Waals surface area (Å²) in [5.74, 6) is -1.01. The van der Waals surface area contributed by atoms with Gasteiger partial charge in [-0.25, -0.2) is 13.8 Å². The molecular weight excluding hydrogens is 412 g/mol. The molecule has 2 aromatic carbocycles. The number of hydrogen-bond acceptors (Lipinski definition) is 3. The number of aromatic nitrogens is 2. The number of halogens is 2. The first-order chi connectivity index (χ1) is 15.5. The van der Waals surface area contributed by atoms with Gasteiger partial charge in [0.2, 0.25) is 5.91 Å². The van der Waals surface area contributed by atoms with E-state index in [4.69, 9.17) is 9.94 Å². The quantitative estimate of drug-likeness (QED) is 0.552. The molecule has 168 valence electrons. The van der Waals surface area contributed by atoms with Crippen LogP contribution in [0.25, 0.3) is 10.9 Å². The number of aryl methyl sites for hydroxylation is 1. The molecule has 2 heterocycles. The van der Waals surface area contributed by atoms with Gasteiger partial charge in [-0.15, -0.1) is 0 Å². The summed E-state index contributed by atoms with van der Waals surface area (Å²) in [7, 11) is 0. The Hall–Kier alpha value is -2.80. The zero-order valence-electron chi connectivity index (χ0n) is 18.1. The minimum Gasteiger partial charge on any atom is -0.272 e. The monoisotopic (exact) mass is 439 g/mol. The van der Waals surface area contributed by atoms with E-state index in [1.54, 1.807) is 0 Å². The number of rotatable bonds is 4. The van der Waals surface area contributed by atoms with Crippen LogP contribution in [0.3, 0.4) is 0 Å². The number of amides is 1. The Bertz CT molecular complexity index is 1120. The van der Waals surface area contributed by atoms with Crippen LogP contribution in [0.1, 0.15) is 49.4 Å². The third kappa shape index (κ3) is 4.01. The maximum absolute atomic E-state index is 13.7. The second-order valence-electron chi connectivity index (χ2n) is 9.01. The molecule has 0 spiro atoms. The standard InChI is InChI=1S/C25H27F2N3O2/c1-16-22-4-2-3-5-24(22)29(28-16)15-17-6-8-18(9-7-17)25(31)30-23(10-11-32-30)19-12-20(26)14-21(27)13-19/h2-5,12-14,17-18,23H,6-11,15H2,1H3/t17-,18-,23-/m0/s1. The highest BCUT2D eigenvalue weighted by Gasteiger charge is 2.37. The molecule has 2 fully saturated rings. The summed E-state index contributed by atoms with van der Waals surface area (Å²) in [5.41, 5.74) is 2.64. The van der Waals surface area contributed by atoms with Crippen LogP contribution in [0.4, 0.5) is 8.78 Å². The normalized spacial score (nSPS) is 23.7. The van der Waals surface area contributed by atoms with Gasteiger partial charge in [-0.1, -0.05) is 18.2 Å². The van der Waals surface area contributed by atoms with Gasteiger partial charge in [0, 0.05) is 30.3 Å². The molecule has 5 rings (SSSR count). The first-order valence-electron chi connectivity index (χ1n) is 11.3. The van der Waals surface area contributed by atoms with Gasteiger partial charge in [-0.2, -0.15) is 5.10 Å². The molecule has 3 aromatic rings. The van der Waals surface area contributed by atoms with Crippen LogP contribution in [-0.4, -0.2) is 27.4 Å². The zero-order chi connectivity index (χ0) is 22.2. The molecule has 5 nitrogen and oxygen atoms in total.